The van der Waals surface area contributed by atoms with Crippen LogP contribution in [-0.4, -0.2) is 5.78 Å². The molecule has 0 bridgehead atoms. The van der Waals surface area contributed by atoms with Crippen LogP contribution in [0.25, 0.3) is 10.8 Å². The van der Waals surface area contributed by atoms with Crippen LogP contribution in [0.15, 0.2) is 53.9 Å². The molecule has 0 atom stereocenters. The monoisotopic (exact) mass is 266 g/mol. The molecule has 0 N–H and O–H groups in total. The molecule has 19 heavy (non-hydrogen) atoms. The molecule has 3 aromatic rings. The Labute approximate surface area is 116 Å². The Kier molecular flexibility index (Phi) is 3.18. The molecule has 0 unspecified atom stereocenters. The molecular formula is C17H14OS. The average Bonchev–Trinajstić information content (AvgIpc) is 2.85. The summed E-state index contributed by atoms with van der Waals surface area (Å²) < 4.78 is 0. The van der Waals surface area contributed by atoms with Gasteiger partial charge < -0.3 is 0 Å². The van der Waals surface area contributed by atoms with E-state index in [1.807, 2.05) is 42.6 Å². The molecule has 94 valence electrons. The van der Waals surface area contributed by atoms with E-state index < -0.39 is 0 Å². The summed E-state index contributed by atoms with van der Waals surface area (Å²) in [4.78, 5) is 13.2. The van der Waals surface area contributed by atoms with Gasteiger partial charge in [-0.1, -0.05) is 42.5 Å². The van der Waals surface area contributed by atoms with E-state index in [4.69, 9.17) is 0 Å². The van der Waals surface area contributed by atoms with E-state index in [1.54, 1.807) is 0 Å². The summed E-state index contributed by atoms with van der Waals surface area (Å²) in [6, 6.07) is 16.4. The van der Waals surface area contributed by atoms with Gasteiger partial charge in [-0.05, 0) is 40.3 Å². The van der Waals surface area contributed by atoms with Crippen LogP contribution < -0.4 is 0 Å². The number of benzene rings is 2. The van der Waals surface area contributed by atoms with Gasteiger partial charge in [-0.3, -0.25) is 4.79 Å². The fourth-order valence-electron chi connectivity index (χ4n) is 2.36. The number of rotatable bonds is 3. The summed E-state index contributed by atoms with van der Waals surface area (Å²) in [5, 5.41) is 4.34. The smallest absolute Gasteiger partial charge is 0.177 e. The first-order chi connectivity index (χ1) is 9.25. The highest BCUT2D eigenvalue weighted by Gasteiger charge is 2.12. The van der Waals surface area contributed by atoms with E-state index in [0.29, 0.717) is 6.42 Å². The Morgan fingerprint density at radius 1 is 1.05 bits per heavy atom. The molecule has 2 heteroatoms. The summed E-state index contributed by atoms with van der Waals surface area (Å²) in [7, 11) is 0. The van der Waals surface area contributed by atoms with Gasteiger partial charge in [-0.25, -0.2) is 0 Å². The lowest BCUT2D eigenvalue weighted by Crippen LogP contribution is -2.03. The highest BCUT2D eigenvalue weighted by atomic mass is 32.1. The molecule has 0 aliphatic rings. The topological polar surface area (TPSA) is 17.1 Å². The van der Waals surface area contributed by atoms with Gasteiger partial charge in [0, 0.05) is 6.42 Å². The maximum absolute atomic E-state index is 12.4. The molecule has 0 saturated heterocycles. The van der Waals surface area contributed by atoms with Crippen molar-refractivity contribution >= 4 is 27.9 Å². The summed E-state index contributed by atoms with van der Waals surface area (Å²) in [6.45, 7) is 1.99. The normalized spacial score (nSPS) is 10.8. The minimum atomic E-state index is 0.212. The molecule has 3 rings (SSSR count). The molecule has 1 heterocycles. The summed E-state index contributed by atoms with van der Waals surface area (Å²) >= 11 is 1.53. The first-order valence-corrected chi connectivity index (χ1v) is 7.17. The Morgan fingerprint density at radius 3 is 2.63 bits per heavy atom. The van der Waals surface area contributed by atoms with Crippen LogP contribution in [0, 0.1) is 6.92 Å². The standard InChI is InChI=1S/C17H14OS/c1-12-9-10-19-17(12)16(18)11-14-7-4-6-13-5-2-3-8-15(13)14/h2-10H,11H2,1H3. The number of Topliss-reactive ketones (excluding diaryl/α,β-unsaturated/α-hetero) is 1. The second kappa shape index (κ2) is 4.98. The van der Waals surface area contributed by atoms with E-state index in [9.17, 15) is 4.79 Å². The van der Waals surface area contributed by atoms with Crippen LogP contribution in [0.1, 0.15) is 20.8 Å². The summed E-state index contributed by atoms with van der Waals surface area (Å²) in [6.07, 6.45) is 0.475. The number of fused-ring (bicyclic) bond motifs is 1. The van der Waals surface area contributed by atoms with E-state index in [1.165, 1.54) is 22.1 Å². The van der Waals surface area contributed by atoms with Crippen LogP contribution in [0.2, 0.25) is 0 Å². The van der Waals surface area contributed by atoms with E-state index in [0.717, 1.165) is 16.0 Å². The van der Waals surface area contributed by atoms with Gasteiger partial charge in [0.25, 0.3) is 0 Å². The molecule has 0 aliphatic carbocycles. The van der Waals surface area contributed by atoms with Gasteiger partial charge in [0.1, 0.15) is 0 Å². The number of hydrogen-bond donors (Lipinski definition) is 0. The third-order valence-corrected chi connectivity index (χ3v) is 4.40. The lowest BCUT2D eigenvalue weighted by Gasteiger charge is -2.05. The lowest BCUT2D eigenvalue weighted by molar-refractivity contribution is 0.0996. The van der Waals surface area contributed by atoms with Crippen molar-refractivity contribution in [3.63, 3.8) is 0 Å². The number of aryl methyl sites for hydroxylation is 1. The van der Waals surface area contributed by atoms with Crippen molar-refractivity contribution in [2.24, 2.45) is 0 Å². The van der Waals surface area contributed by atoms with Crippen molar-refractivity contribution < 1.29 is 4.79 Å². The minimum Gasteiger partial charge on any atom is -0.293 e. The van der Waals surface area contributed by atoms with E-state index >= 15 is 0 Å². The molecule has 0 radical (unpaired) electrons. The number of carbonyl (C=O) groups excluding carboxylic acids is 1. The average molecular weight is 266 g/mol. The number of carbonyl (C=O) groups is 1. The first kappa shape index (κ1) is 12.1. The molecule has 0 amide bonds. The van der Waals surface area contributed by atoms with Gasteiger partial charge in [0.2, 0.25) is 0 Å². The van der Waals surface area contributed by atoms with Gasteiger partial charge in [-0.15, -0.1) is 11.3 Å². The second-order valence-electron chi connectivity index (χ2n) is 4.67. The number of hydrogen-bond acceptors (Lipinski definition) is 2. The van der Waals surface area contributed by atoms with Crippen molar-refractivity contribution in [1.29, 1.82) is 0 Å². The molecule has 0 aliphatic heterocycles. The number of ketones is 1. The summed E-state index contributed by atoms with van der Waals surface area (Å²) in [5.74, 6) is 0.212. The van der Waals surface area contributed by atoms with Crippen LogP contribution >= 0.6 is 11.3 Å². The zero-order valence-electron chi connectivity index (χ0n) is 10.7. The predicted molar refractivity (Wildman–Crippen MR) is 81.0 cm³/mol. The van der Waals surface area contributed by atoms with Crippen molar-refractivity contribution in [2.75, 3.05) is 0 Å². The third kappa shape index (κ3) is 2.32. The van der Waals surface area contributed by atoms with Crippen molar-refractivity contribution in [3.05, 3.63) is 69.9 Å². The highest BCUT2D eigenvalue weighted by molar-refractivity contribution is 7.12. The highest BCUT2D eigenvalue weighted by Crippen LogP contribution is 2.22. The fraction of sp³-hybridized carbons (Fsp3) is 0.118. The van der Waals surface area contributed by atoms with E-state index in [2.05, 4.69) is 18.2 Å². The van der Waals surface area contributed by atoms with Crippen molar-refractivity contribution in [3.8, 4) is 0 Å². The Morgan fingerprint density at radius 2 is 1.84 bits per heavy atom. The molecule has 1 nitrogen and oxygen atoms in total. The van der Waals surface area contributed by atoms with E-state index in [-0.39, 0.29) is 5.78 Å². The molecule has 1 aromatic heterocycles. The van der Waals surface area contributed by atoms with Crippen LogP contribution in [-0.2, 0) is 6.42 Å². The molecule has 0 saturated carbocycles. The van der Waals surface area contributed by atoms with Crippen LogP contribution in [0.5, 0.6) is 0 Å². The van der Waals surface area contributed by atoms with Crippen LogP contribution in [0.3, 0.4) is 0 Å². The largest absolute Gasteiger partial charge is 0.293 e. The molecular weight excluding hydrogens is 252 g/mol. The zero-order valence-corrected chi connectivity index (χ0v) is 11.5. The molecule has 0 spiro atoms. The zero-order chi connectivity index (χ0) is 13.2. The Bertz CT molecular complexity index is 734. The fourth-order valence-corrected chi connectivity index (χ4v) is 3.22. The lowest BCUT2D eigenvalue weighted by atomic mass is 9.99. The van der Waals surface area contributed by atoms with Gasteiger partial charge >= 0.3 is 0 Å². The Balaban J connectivity index is 1.98. The van der Waals surface area contributed by atoms with Gasteiger partial charge in [0.05, 0.1) is 4.88 Å². The first-order valence-electron chi connectivity index (χ1n) is 6.29. The van der Waals surface area contributed by atoms with Gasteiger partial charge in [-0.2, -0.15) is 0 Å². The molecule has 2 aromatic carbocycles. The SMILES string of the molecule is Cc1ccsc1C(=O)Cc1cccc2ccccc12. The summed E-state index contributed by atoms with van der Waals surface area (Å²) in [5.41, 5.74) is 2.19. The Hall–Kier alpha value is -1.93. The maximum Gasteiger partial charge on any atom is 0.177 e. The van der Waals surface area contributed by atoms with Crippen molar-refractivity contribution in [2.45, 2.75) is 13.3 Å². The quantitative estimate of drug-likeness (QED) is 0.631. The maximum atomic E-state index is 12.4. The molecule has 0 fully saturated rings. The minimum absolute atomic E-state index is 0.212. The number of thiophene rings is 1. The van der Waals surface area contributed by atoms with Crippen LogP contribution in [0.4, 0.5) is 0 Å². The van der Waals surface area contributed by atoms with Gasteiger partial charge in [0.15, 0.2) is 5.78 Å². The third-order valence-electron chi connectivity index (χ3n) is 3.35. The second-order valence-corrected chi connectivity index (χ2v) is 5.59. The predicted octanol–water partition coefficient (Wildman–Crippen LogP) is 4.64. The van der Waals surface area contributed by atoms with Crippen molar-refractivity contribution in [1.82, 2.24) is 0 Å².